The van der Waals surface area contributed by atoms with Crippen LogP contribution in [-0.4, -0.2) is 35.7 Å². The predicted octanol–water partition coefficient (Wildman–Crippen LogP) is 4.96. The van der Waals surface area contributed by atoms with E-state index >= 15 is 0 Å². The molecule has 0 aliphatic heterocycles. The van der Waals surface area contributed by atoms with E-state index in [-0.39, 0.29) is 43.3 Å². The molecule has 1 aromatic heterocycles. The second kappa shape index (κ2) is 10.5. The fourth-order valence-electron chi connectivity index (χ4n) is 4.15. The minimum absolute atomic E-state index is 0.0393. The summed E-state index contributed by atoms with van der Waals surface area (Å²) in [4.78, 5) is 24.9. The van der Waals surface area contributed by atoms with Crippen molar-refractivity contribution in [3.05, 3.63) is 46.4 Å². The number of halogens is 2. The standard InChI is InChI=1S/C25H33F2N3O3/c1-5-33-17(3)14-28-22-13-19(20-12-16(2)24(32)30(4)15-20)6-7-21(22)29-23(31)18-8-10-25(26,27)11-9-18/h6-7,12-13,15,17-18,28H,5,8-11,14H2,1-4H3,(H,29,31)/t17-/m0/s1. The Kier molecular flexibility index (Phi) is 7.89. The van der Waals surface area contributed by atoms with Crippen LogP contribution in [-0.2, 0) is 16.6 Å². The monoisotopic (exact) mass is 461 g/mol. The molecule has 0 spiro atoms. The number of ether oxygens (including phenoxy) is 1. The minimum atomic E-state index is -2.67. The van der Waals surface area contributed by atoms with E-state index in [2.05, 4.69) is 10.6 Å². The number of nitrogens with one attached hydrogen (secondary N) is 2. The summed E-state index contributed by atoms with van der Waals surface area (Å²) in [5.41, 5.74) is 3.65. The van der Waals surface area contributed by atoms with Crippen molar-refractivity contribution in [2.24, 2.45) is 13.0 Å². The Balaban J connectivity index is 1.85. The maximum absolute atomic E-state index is 13.5. The van der Waals surface area contributed by atoms with Crippen molar-refractivity contribution in [3.63, 3.8) is 0 Å². The molecule has 1 fully saturated rings. The van der Waals surface area contributed by atoms with Gasteiger partial charge in [0.15, 0.2) is 0 Å². The molecule has 1 saturated carbocycles. The zero-order valence-electron chi connectivity index (χ0n) is 19.7. The van der Waals surface area contributed by atoms with Crippen LogP contribution in [0.5, 0.6) is 0 Å². The van der Waals surface area contributed by atoms with E-state index in [1.165, 1.54) is 0 Å². The highest BCUT2D eigenvalue weighted by Crippen LogP contribution is 2.37. The number of aryl methyl sites for hydroxylation is 2. The van der Waals surface area contributed by atoms with E-state index in [9.17, 15) is 18.4 Å². The van der Waals surface area contributed by atoms with Gasteiger partial charge in [-0.2, -0.15) is 0 Å². The summed E-state index contributed by atoms with van der Waals surface area (Å²) >= 11 is 0. The van der Waals surface area contributed by atoms with Crippen molar-refractivity contribution in [3.8, 4) is 11.1 Å². The Morgan fingerprint density at radius 3 is 2.55 bits per heavy atom. The van der Waals surface area contributed by atoms with Crippen molar-refractivity contribution < 1.29 is 18.3 Å². The SMILES string of the molecule is CCO[C@@H](C)CNc1cc(-c2cc(C)c(=O)n(C)c2)ccc1NC(=O)C1CCC(F)(F)CC1. The van der Waals surface area contributed by atoms with E-state index < -0.39 is 11.8 Å². The van der Waals surface area contributed by atoms with Gasteiger partial charge in [0.1, 0.15) is 0 Å². The summed E-state index contributed by atoms with van der Waals surface area (Å²) < 4.78 is 34.1. The van der Waals surface area contributed by atoms with Gasteiger partial charge in [-0.05, 0) is 62.9 Å². The van der Waals surface area contributed by atoms with Gasteiger partial charge in [0.05, 0.1) is 17.5 Å². The van der Waals surface area contributed by atoms with E-state index in [0.717, 1.165) is 11.1 Å². The van der Waals surface area contributed by atoms with Gasteiger partial charge in [0, 0.05) is 50.7 Å². The number of carbonyl (C=O) groups excluding carboxylic acids is 1. The molecule has 0 radical (unpaired) electrons. The molecule has 33 heavy (non-hydrogen) atoms. The maximum Gasteiger partial charge on any atom is 0.253 e. The van der Waals surface area contributed by atoms with Crippen molar-refractivity contribution in [2.75, 3.05) is 23.8 Å². The average molecular weight is 462 g/mol. The molecule has 1 aliphatic rings. The fraction of sp³-hybridized carbons (Fsp3) is 0.520. The Morgan fingerprint density at radius 1 is 1.21 bits per heavy atom. The van der Waals surface area contributed by atoms with Gasteiger partial charge in [0.2, 0.25) is 11.8 Å². The zero-order chi connectivity index (χ0) is 24.2. The smallest absolute Gasteiger partial charge is 0.253 e. The summed E-state index contributed by atoms with van der Waals surface area (Å²) in [5.74, 6) is -3.34. The fourth-order valence-corrected chi connectivity index (χ4v) is 4.15. The number of hydrogen-bond donors (Lipinski definition) is 2. The normalized spacial score (nSPS) is 16.9. The molecule has 2 N–H and O–H groups in total. The van der Waals surface area contributed by atoms with Crippen molar-refractivity contribution in [1.29, 1.82) is 0 Å². The average Bonchev–Trinajstić information content (AvgIpc) is 2.76. The van der Waals surface area contributed by atoms with Crippen molar-refractivity contribution in [1.82, 2.24) is 4.57 Å². The predicted molar refractivity (Wildman–Crippen MR) is 127 cm³/mol. The van der Waals surface area contributed by atoms with Gasteiger partial charge in [-0.25, -0.2) is 8.78 Å². The molecule has 2 aromatic rings. The highest BCUT2D eigenvalue weighted by Gasteiger charge is 2.37. The number of rotatable bonds is 8. The second-order valence-electron chi connectivity index (χ2n) is 8.85. The topological polar surface area (TPSA) is 72.4 Å². The molecule has 8 heteroatoms. The van der Waals surface area contributed by atoms with Crippen LogP contribution in [0.15, 0.2) is 35.3 Å². The molecule has 1 aliphatic carbocycles. The number of amides is 1. The number of carbonyl (C=O) groups is 1. The number of alkyl halides is 2. The molecule has 0 unspecified atom stereocenters. The molecule has 1 atom stereocenters. The molecule has 1 aromatic carbocycles. The lowest BCUT2D eigenvalue weighted by molar-refractivity contribution is -0.124. The largest absolute Gasteiger partial charge is 0.381 e. The minimum Gasteiger partial charge on any atom is -0.381 e. The quantitative estimate of drug-likeness (QED) is 0.583. The lowest BCUT2D eigenvalue weighted by Crippen LogP contribution is -2.32. The summed E-state index contributed by atoms with van der Waals surface area (Å²) in [6, 6.07) is 7.44. The van der Waals surface area contributed by atoms with Crippen LogP contribution in [0.2, 0.25) is 0 Å². The van der Waals surface area contributed by atoms with E-state index in [1.807, 2.05) is 32.0 Å². The lowest BCUT2D eigenvalue weighted by atomic mass is 9.86. The van der Waals surface area contributed by atoms with Crippen LogP contribution in [0.3, 0.4) is 0 Å². The Morgan fingerprint density at radius 2 is 1.91 bits per heavy atom. The third-order valence-corrected chi connectivity index (χ3v) is 6.09. The summed E-state index contributed by atoms with van der Waals surface area (Å²) in [7, 11) is 1.71. The van der Waals surface area contributed by atoms with E-state index in [0.29, 0.717) is 30.1 Å². The second-order valence-corrected chi connectivity index (χ2v) is 8.85. The lowest BCUT2D eigenvalue weighted by Gasteiger charge is -2.27. The molecule has 0 bridgehead atoms. The van der Waals surface area contributed by atoms with E-state index in [1.54, 1.807) is 30.8 Å². The number of nitrogens with zero attached hydrogens (tertiary/aromatic N) is 1. The number of benzene rings is 1. The first-order valence-electron chi connectivity index (χ1n) is 11.5. The maximum atomic E-state index is 13.5. The molecule has 0 saturated heterocycles. The van der Waals surface area contributed by atoms with Crippen molar-refractivity contribution >= 4 is 17.3 Å². The van der Waals surface area contributed by atoms with Gasteiger partial charge in [-0.3, -0.25) is 9.59 Å². The van der Waals surface area contributed by atoms with Crippen LogP contribution < -0.4 is 16.2 Å². The number of aromatic nitrogens is 1. The number of anilines is 2. The van der Waals surface area contributed by atoms with Crippen molar-refractivity contribution in [2.45, 2.75) is 58.5 Å². The summed E-state index contributed by atoms with van der Waals surface area (Å²) in [5, 5.41) is 6.27. The third-order valence-electron chi connectivity index (χ3n) is 6.09. The Bertz CT molecular complexity index is 1020. The van der Waals surface area contributed by atoms with Crippen LogP contribution in [0.4, 0.5) is 20.2 Å². The number of hydrogen-bond acceptors (Lipinski definition) is 4. The van der Waals surface area contributed by atoms with Crippen LogP contribution in [0.1, 0.15) is 45.1 Å². The van der Waals surface area contributed by atoms with Gasteiger partial charge in [-0.15, -0.1) is 0 Å². The van der Waals surface area contributed by atoms with Crippen LogP contribution in [0, 0.1) is 12.8 Å². The zero-order valence-corrected chi connectivity index (χ0v) is 19.7. The first-order valence-corrected chi connectivity index (χ1v) is 11.5. The van der Waals surface area contributed by atoms with Gasteiger partial charge < -0.3 is 19.9 Å². The van der Waals surface area contributed by atoms with Gasteiger partial charge >= 0.3 is 0 Å². The Hall–Kier alpha value is -2.74. The molecule has 3 rings (SSSR count). The van der Waals surface area contributed by atoms with Crippen LogP contribution >= 0.6 is 0 Å². The molecule has 180 valence electrons. The molecule has 1 heterocycles. The molecule has 1 amide bonds. The van der Waals surface area contributed by atoms with Crippen LogP contribution in [0.25, 0.3) is 11.1 Å². The highest BCUT2D eigenvalue weighted by atomic mass is 19.3. The Labute approximate surface area is 193 Å². The molecular formula is C25H33F2N3O3. The number of pyridine rings is 1. The summed E-state index contributed by atoms with van der Waals surface area (Å²) in [6.07, 6.45) is 1.58. The third kappa shape index (κ3) is 6.41. The van der Waals surface area contributed by atoms with Gasteiger partial charge in [0.25, 0.3) is 5.56 Å². The molecular weight excluding hydrogens is 428 g/mol. The first-order chi connectivity index (χ1) is 15.6. The van der Waals surface area contributed by atoms with Gasteiger partial charge in [-0.1, -0.05) is 6.07 Å². The summed E-state index contributed by atoms with van der Waals surface area (Å²) in [6.45, 7) is 6.78. The molecule has 6 nitrogen and oxygen atoms in total. The highest BCUT2D eigenvalue weighted by molar-refractivity contribution is 5.96. The van der Waals surface area contributed by atoms with E-state index in [4.69, 9.17) is 4.74 Å². The first kappa shape index (κ1) is 24.9.